The van der Waals surface area contributed by atoms with E-state index in [1.165, 1.54) is 12.5 Å². The highest BCUT2D eigenvalue weighted by Gasteiger charge is 2.38. The van der Waals surface area contributed by atoms with Gasteiger partial charge in [-0.3, -0.25) is 14.4 Å². The van der Waals surface area contributed by atoms with Crippen molar-refractivity contribution in [1.82, 2.24) is 9.97 Å². The summed E-state index contributed by atoms with van der Waals surface area (Å²) in [5.41, 5.74) is 3.23. The number of hydrogen-bond acceptors (Lipinski definition) is 5. The number of amides is 3. The molecule has 0 N–H and O–H groups in total. The molecular weight excluding hydrogens is 368 g/mol. The van der Waals surface area contributed by atoms with E-state index in [2.05, 4.69) is 9.97 Å². The van der Waals surface area contributed by atoms with Crippen molar-refractivity contribution >= 4 is 29.1 Å². The molecule has 0 saturated heterocycles. The highest BCUT2D eigenvalue weighted by atomic mass is 16.2. The van der Waals surface area contributed by atoms with E-state index in [-0.39, 0.29) is 23.2 Å². The quantitative estimate of drug-likeness (QED) is 0.635. The summed E-state index contributed by atoms with van der Waals surface area (Å²) in [6.45, 7) is 2.02. The second-order valence-corrected chi connectivity index (χ2v) is 7.13. The van der Waals surface area contributed by atoms with Gasteiger partial charge in [-0.25, -0.2) is 14.9 Å². The Bertz CT molecular complexity index is 1140. The van der Waals surface area contributed by atoms with Crippen LogP contribution in [0.3, 0.4) is 0 Å². The second kappa shape index (κ2) is 6.34. The molecule has 0 saturated carbocycles. The van der Waals surface area contributed by atoms with Gasteiger partial charge in [0.15, 0.2) is 0 Å². The van der Waals surface area contributed by atoms with Crippen LogP contribution in [-0.4, -0.2) is 33.7 Å². The number of benzene rings is 2. The first-order chi connectivity index (χ1) is 14.1. The SMILES string of the molecule is C[C@H]1Cc2ccccc2N1C(=O)c1ccc(N2C(=O)c3cncnc3C2=O)cc1. The zero-order chi connectivity index (χ0) is 20.1. The first kappa shape index (κ1) is 17.2. The smallest absolute Gasteiger partial charge is 0.284 e. The molecule has 7 heteroatoms. The average molecular weight is 384 g/mol. The molecular formula is C22H16N4O3. The third-order valence-electron chi connectivity index (χ3n) is 5.35. The number of carbonyl (C=O) groups excluding carboxylic acids is 3. The molecule has 2 aliphatic heterocycles. The van der Waals surface area contributed by atoms with Crippen molar-refractivity contribution in [2.45, 2.75) is 19.4 Å². The van der Waals surface area contributed by atoms with E-state index >= 15 is 0 Å². The van der Waals surface area contributed by atoms with Crippen LogP contribution in [0.25, 0.3) is 0 Å². The highest BCUT2D eigenvalue weighted by molar-refractivity contribution is 6.33. The molecule has 0 spiro atoms. The van der Waals surface area contributed by atoms with Gasteiger partial charge in [0.05, 0.1) is 11.3 Å². The molecule has 0 aliphatic carbocycles. The lowest BCUT2D eigenvalue weighted by molar-refractivity contribution is 0.0923. The van der Waals surface area contributed by atoms with Crippen LogP contribution in [0.15, 0.2) is 61.1 Å². The van der Waals surface area contributed by atoms with Gasteiger partial charge < -0.3 is 4.90 Å². The van der Waals surface area contributed by atoms with Crippen LogP contribution in [0.1, 0.15) is 43.7 Å². The molecule has 0 fully saturated rings. The second-order valence-electron chi connectivity index (χ2n) is 7.13. The molecule has 29 heavy (non-hydrogen) atoms. The van der Waals surface area contributed by atoms with Gasteiger partial charge >= 0.3 is 0 Å². The maximum atomic E-state index is 13.1. The Morgan fingerprint density at radius 1 is 1.03 bits per heavy atom. The van der Waals surface area contributed by atoms with Gasteiger partial charge in [0.1, 0.15) is 12.0 Å². The summed E-state index contributed by atoms with van der Waals surface area (Å²) in [6.07, 6.45) is 3.40. The minimum absolute atomic E-state index is 0.0642. The topological polar surface area (TPSA) is 83.5 Å². The molecule has 1 aromatic heterocycles. The number of anilines is 2. The van der Waals surface area contributed by atoms with Crippen molar-refractivity contribution in [1.29, 1.82) is 0 Å². The first-order valence-electron chi connectivity index (χ1n) is 9.26. The minimum Gasteiger partial charge on any atom is -0.305 e. The zero-order valence-electron chi connectivity index (χ0n) is 15.6. The number of aromatic nitrogens is 2. The summed E-state index contributed by atoms with van der Waals surface area (Å²) in [5, 5.41) is 0. The van der Waals surface area contributed by atoms with Crippen LogP contribution in [0.2, 0.25) is 0 Å². The molecule has 0 bridgehead atoms. The van der Waals surface area contributed by atoms with Gasteiger partial charge in [-0.1, -0.05) is 18.2 Å². The highest BCUT2D eigenvalue weighted by Crippen LogP contribution is 2.33. The summed E-state index contributed by atoms with van der Waals surface area (Å²) in [6, 6.07) is 14.4. The van der Waals surface area contributed by atoms with E-state index in [0.29, 0.717) is 11.3 Å². The van der Waals surface area contributed by atoms with E-state index < -0.39 is 11.8 Å². The van der Waals surface area contributed by atoms with Crippen molar-refractivity contribution in [3.8, 4) is 0 Å². The fourth-order valence-electron chi connectivity index (χ4n) is 3.98. The molecule has 3 aromatic rings. The Morgan fingerprint density at radius 2 is 1.79 bits per heavy atom. The van der Waals surface area contributed by atoms with E-state index in [1.54, 1.807) is 29.2 Å². The predicted octanol–water partition coefficient (Wildman–Crippen LogP) is 2.87. The van der Waals surface area contributed by atoms with Crippen molar-refractivity contribution in [3.05, 3.63) is 83.4 Å². The number of carbonyl (C=O) groups is 3. The van der Waals surface area contributed by atoms with Crippen LogP contribution >= 0.6 is 0 Å². The number of hydrogen-bond donors (Lipinski definition) is 0. The van der Waals surface area contributed by atoms with Crippen LogP contribution in [0, 0.1) is 0 Å². The van der Waals surface area contributed by atoms with E-state index in [9.17, 15) is 14.4 Å². The molecule has 142 valence electrons. The Morgan fingerprint density at radius 3 is 2.55 bits per heavy atom. The lowest BCUT2D eigenvalue weighted by Crippen LogP contribution is -2.35. The number of fused-ring (bicyclic) bond motifs is 2. The molecule has 5 rings (SSSR count). The zero-order valence-corrected chi connectivity index (χ0v) is 15.6. The van der Waals surface area contributed by atoms with Crippen molar-refractivity contribution in [3.63, 3.8) is 0 Å². The van der Waals surface area contributed by atoms with Gasteiger partial charge in [0, 0.05) is 23.5 Å². The Kier molecular flexibility index (Phi) is 3.77. The Labute approximate surface area is 166 Å². The molecule has 3 heterocycles. The lowest BCUT2D eigenvalue weighted by atomic mass is 10.1. The number of nitrogens with zero attached hydrogens (tertiary/aromatic N) is 4. The van der Waals surface area contributed by atoms with Gasteiger partial charge in [0.25, 0.3) is 17.7 Å². The molecule has 2 aromatic carbocycles. The molecule has 2 aliphatic rings. The van der Waals surface area contributed by atoms with Gasteiger partial charge in [-0.05, 0) is 49.2 Å². The summed E-state index contributed by atoms with van der Waals surface area (Å²) < 4.78 is 0. The van der Waals surface area contributed by atoms with Crippen LogP contribution < -0.4 is 9.80 Å². The van der Waals surface area contributed by atoms with E-state index in [1.807, 2.05) is 31.2 Å². The fraction of sp³-hybridized carbons (Fsp3) is 0.136. The first-order valence-corrected chi connectivity index (χ1v) is 9.26. The minimum atomic E-state index is -0.492. The monoisotopic (exact) mass is 384 g/mol. The van der Waals surface area contributed by atoms with Gasteiger partial charge in [0.2, 0.25) is 0 Å². The van der Waals surface area contributed by atoms with Gasteiger partial charge in [-0.15, -0.1) is 0 Å². The summed E-state index contributed by atoms with van der Waals surface area (Å²) in [4.78, 5) is 48.8. The third kappa shape index (κ3) is 2.55. The summed E-state index contributed by atoms with van der Waals surface area (Å²) >= 11 is 0. The number of imide groups is 1. The predicted molar refractivity (Wildman–Crippen MR) is 106 cm³/mol. The average Bonchev–Trinajstić information content (AvgIpc) is 3.21. The summed E-state index contributed by atoms with van der Waals surface area (Å²) in [5.74, 6) is -1.07. The molecule has 3 amide bonds. The molecule has 1 atom stereocenters. The molecule has 0 unspecified atom stereocenters. The van der Waals surface area contributed by atoms with E-state index in [0.717, 1.165) is 22.6 Å². The number of rotatable bonds is 2. The molecule has 7 nitrogen and oxygen atoms in total. The van der Waals surface area contributed by atoms with Crippen LogP contribution in [-0.2, 0) is 6.42 Å². The Balaban J connectivity index is 1.44. The standard InChI is InChI=1S/C22H16N4O3/c1-13-10-15-4-2-3-5-18(15)25(13)20(27)14-6-8-16(9-7-14)26-21(28)17-11-23-12-24-19(17)22(26)29/h2-9,11-13H,10H2,1H3/t13-/m0/s1. The molecule has 0 radical (unpaired) electrons. The lowest BCUT2D eigenvalue weighted by Gasteiger charge is -2.23. The van der Waals surface area contributed by atoms with E-state index in [4.69, 9.17) is 0 Å². The third-order valence-corrected chi connectivity index (χ3v) is 5.35. The normalized spacial score (nSPS) is 17.5. The fourth-order valence-corrected chi connectivity index (χ4v) is 3.98. The summed E-state index contributed by atoms with van der Waals surface area (Å²) in [7, 11) is 0. The van der Waals surface area contributed by atoms with Crippen molar-refractivity contribution in [2.24, 2.45) is 0 Å². The Hall–Kier alpha value is -3.87. The maximum absolute atomic E-state index is 13.1. The van der Waals surface area contributed by atoms with Crippen molar-refractivity contribution in [2.75, 3.05) is 9.80 Å². The van der Waals surface area contributed by atoms with Crippen molar-refractivity contribution < 1.29 is 14.4 Å². The maximum Gasteiger partial charge on any atom is 0.284 e. The number of para-hydroxylation sites is 1. The largest absolute Gasteiger partial charge is 0.305 e. The van der Waals surface area contributed by atoms with Crippen LogP contribution in [0.4, 0.5) is 11.4 Å². The van der Waals surface area contributed by atoms with Gasteiger partial charge in [-0.2, -0.15) is 0 Å². The van der Waals surface area contributed by atoms with Crippen LogP contribution in [0.5, 0.6) is 0 Å².